The zero-order valence-corrected chi connectivity index (χ0v) is 15.8. The molecule has 2 aromatic heterocycles. The van der Waals surface area contributed by atoms with Gasteiger partial charge in [0.2, 0.25) is 11.9 Å². The Balaban J connectivity index is 1.74. The number of aromatic nitrogens is 5. The fourth-order valence-electron chi connectivity index (χ4n) is 2.61. The number of benzene rings is 1. The van der Waals surface area contributed by atoms with Crippen molar-refractivity contribution in [3.63, 3.8) is 0 Å². The van der Waals surface area contributed by atoms with E-state index in [1.54, 1.807) is 11.8 Å². The highest BCUT2D eigenvalue weighted by molar-refractivity contribution is 7.98. The highest BCUT2D eigenvalue weighted by atomic mass is 32.2. The Labute approximate surface area is 157 Å². The Bertz CT molecular complexity index is 862. The molecule has 0 unspecified atom stereocenters. The SMILES string of the molecule is CCCn1ccnc1SCc1nc(N)nc(Nc2ccccc2CC)n1. The summed E-state index contributed by atoms with van der Waals surface area (Å²) in [6.07, 6.45) is 5.79. The molecule has 1 aromatic carbocycles. The van der Waals surface area contributed by atoms with Gasteiger partial charge in [0.25, 0.3) is 0 Å². The number of hydrogen-bond acceptors (Lipinski definition) is 7. The first-order chi connectivity index (χ1) is 12.7. The molecule has 0 aliphatic carbocycles. The van der Waals surface area contributed by atoms with Crippen molar-refractivity contribution in [2.24, 2.45) is 0 Å². The maximum absolute atomic E-state index is 5.88. The third-order valence-corrected chi connectivity index (χ3v) is 4.82. The molecule has 136 valence electrons. The number of imidazole rings is 1. The Morgan fingerprint density at radius 1 is 1.15 bits per heavy atom. The molecule has 0 amide bonds. The molecule has 3 N–H and O–H groups in total. The molecule has 26 heavy (non-hydrogen) atoms. The van der Waals surface area contributed by atoms with Gasteiger partial charge in [-0.3, -0.25) is 0 Å². The van der Waals surface area contributed by atoms with E-state index in [1.165, 1.54) is 5.56 Å². The van der Waals surface area contributed by atoms with Gasteiger partial charge in [0, 0.05) is 24.6 Å². The van der Waals surface area contributed by atoms with Crippen LogP contribution in [0.3, 0.4) is 0 Å². The van der Waals surface area contributed by atoms with E-state index in [9.17, 15) is 0 Å². The fraction of sp³-hybridized carbons (Fsp3) is 0.333. The summed E-state index contributed by atoms with van der Waals surface area (Å²) < 4.78 is 2.13. The predicted octanol–water partition coefficient (Wildman–Crippen LogP) is 3.66. The number of nitrogens with two attached hydrogens (primary N) is 1. The highest BCUT2D eigenvalue weighted by Crippen LogP contribution is 2.22. The van der Waals surface area contributed by atoms with Crippen LogP contribution < -0.4 is 11.1 Å². The van der Waals surface area contributed by atoms with Crippen molar-refractivity contribution in [3.05, 3.63) is 48.0 Å². The Hall–Kier alpha value is -2.61. The largest absolute Gasteiger partial charge is 0.368 e. The topological polar surface area (TPSA) is 94.5 Å². The van der Waals surface area contributed by atoms with Gasteiger partial charge in [-0.25, -0.2) is 4.98 Å². The van der Waals surface area contributed by atoms with Crippen LogP contribution in [0.5, 0.6) is 0 Å². The van der Waals surface area contributed by atoms with E-state index in [4.69, 9.17) is 5.73 Å². The minimum absolute atomic E-state index is 0.212. The van der Waals surface area contributed by atoms with Crippen LogP contribution >= 0.6 is 11.8 Å². The van der Waals surface area contributed by atoms with Crippen molar-refractivity contribution in [1.29, 1.82) is 0 Å². The second-order valence-corrected chi connectivity index (χ2v) is 6.70. The van der Waals surface area contributed by atoms with E-state index in [1.807, 2.05) is 30.6 Å². The third-order valence-electron chi connectivity index (χ3n) is 3.82. The molecule has 0 radical (unpaired) electrons. The van der Waals surface area contributed by atoms with E-state index in [-0.39, 0.29) is 5.95 Å². The molecule has 3 aromatic rings. The van der Waals surface area contributed by atoms with Crippen molar-refractivity contribution >= 4 is 29.3 Å². The van der Waals surface area contributed by atoms with Crippen LogP contribution in [0.4, 0.5) is 17.6 Å². The summed E-state index contributed by atoms with van der Waals surface area (Å²) in [5.41, 5.74) is 8.06. The van der Waals surface area contributed by atoms with Gasteiger partial charge in [0.05, 0.1) is 5.75 Å². The van der Waals surface area contributed by atoms with Crippen molar-refractivity contribution < 1.29 is 0 Å². The van der Waals surface area contributed by atoms with E-state index < -0.39 is 0 Å². The minimum Gasteiger partial charge on any atom is -0.368 e. The monoisotopic (exact) mass is 369 g/mol. The summed E-state index contributed by atoms with van der Waals surface area (Å²) in [4.78, 5) is 17.4. The summed E-state index contributed by atoms with van der Waals surface area (Å²) in [6, 6.07) is 8.09. The molecule has 8 heteroatoms. The van der Waals surface area contributed by atoms with Crippen LogP contribution in [0.15, 0.2) is 41.8 Å². The van der Waals surface area contributed by atoms with Crippen LogP contribution in [0.1, 0.15) is 31.7 Å². The molecule has 3 rings (SSSR count). The second kappa shape index (κ2) is 8.66. The highest BCUT2D eigenvalue weighted by Gasteiger charge is 2.09. The molecular weight excluding hydrogens is 346 g/mol. The van der Waals surface area contributed by atoms with Gasteiger partial charge in [-0.1, -0.05) is 43.8 Å². The molecular formula is C18H23N7S. The van der Waals surface area contributed by atoms with E-state index in [2.05, 4.69) is 49.7 Å². The molecule has 0 fully saturated rings. The fourth-order valence-corrected chi connectivity index (χ4v) is 3.45. The van der Waals surface area contributed by atoms with Crippen LogP contribution in [-0.2, 0) is 18.7 Å². The van der Waals surface area contributed by atoms with Gasteiger partial charge in [-0.05, 0) is 24.5 Å². The average Bonchev–Trinajstić information content (AvgIpc) is 3.07. The van der Waals surface area contributed by atoms with Gasteiger partial charge >= 0.3 is 0 Å². The molecule has 0 bridgehead atoms. The molecule has 7 nitrogen and oxygen atoms in total. The van der Waals surface area contributed by atoms with Crippen LogP contribution in [0.25, 0.3) is 0 Å². The number of anilines is 3. The van der Waals surface area contributed by atoms with Gasteiger partial charge in [-0.15, -0.1) is 0 Å². The third kappa shape index (κ3) is 4.51. The van der Waals surface area contributed by atoms with Gasteiger partial charge in [0.15, 0.2) is 5.16 Å². The van der Waals surface area contributed by atoms with E-state index in [0.29, 0.717) is 17.5 Å². The lowest BCUT2D eigenvalue weighted by Gasteiger charge is -2.10. The first-order valence-corrected chi connectivity index (χ1v) is 9.67. The summed E-state index contributed by atoms with van der Waals surface area (Å²) in [6.45, 7) is 5.21. The number of nitrogens with zero attached hydrogens (tertiary/aromatic N) is 5. The number of rotatable bonds is 8. The molecule has 2 heterocycles. The number of para-hydroxylation sites is 1. The first-order valence-electron chi connectivity index (χ1n) is 8.68. The van der Waals surface area contributed by atoms with Crippen molar-refractivity contribution in [1.82, 2.24) is 24.5 Å². The van der Waals surface area contributed by atoms with Crippen molar-refractivity contribution in [2.45, 2.75) is 44.1 Å². The number of aryl methyl sites for hydroxylation is 2. The van der Waals surface area contributed by atoms with Gasteiger partial charge in [-0.2, -0.15) is 15.0 Å². The number of thioether (sulfide) groups is 1. The summed E-state index contributed by atoms with van der Waals surface area (Å²) in [5.74, 6) is 1.89. The minimum atomic E-state index is 0.212. The lowest BCUT2D eigenvalue weighted by atomic mass is 10.1. The molecule has 0 saturated carbocycles. The van der Waals surface area contributed by atoms with Crippen molar-refractivity contribution in [3.8, 4) is 0 Å². The number of nitrogens with one attached hydrogen (secondary N) is 1. The smallest absolute Gasteiger partial charge is 0.232 e. The van der Waals surface area contributed by atoms with Gasteiger partial charge in [0.1, 0.15) is 5.82 Å². The van der Waals surface area contributed by atoms with Gasteiger partial charge < -0.3 is 15.6 Å². The zero-order chi connectivity index (χ0) is 18.4. The second-order valence-electron chi connectivity index (χ2n) is 5.76. The number of hydrogen-bond donors (Lipinski definition) is 2. The Morgan fingerprint density at radius 2 is 2.00 bits per heavy atom. The Morgan fingerprint density at radius 3 is 2.81 bits per heavy atom. The lowest BCUT2D eigenvalue weighted by molar-refractivity contribution is 0.620. The van der Waals surface area contributed by atoms with E-state index in [0.717, 1.165) is 30.2 Å². The summed E-state index contributed by atoms with van der Waals surface area (Å²) >= 11 is 1.59. The maximum Gasteiger partial charge on any atom is 0.232 e. The zero-order valence-electron chi connectivity index (χ0n) is 15.0. The number of nitrogen functional groups attached to an aromatic ring is 1. The summed E-state index contributed by atoms with van der Waals surface area (Å²) in [7, 11) is 0. The van der Waals surface area contributed by atoms with Crippen LogP contribution in [0, 0.1) is 0 Å². The van der Waals surface area contributed by atoms with Crippen LogP contribution in [-0.4, -0.2) is 24.5 Å². The van der Waals surface area contributed by atoms with Crippen molar-refractivity contribution in [2.75, 3.05) is 11.1 Å². The maximum atomic E-state index is 5.88. The van der Waals surface area contributed by atoms with E-state index >= 15 is 0 Å². The Kier molecular flexibility index (Phi) is 6.06. The summed E-state index contributed by atoms with van der Waals surface area (Å²) in [5, 5.41) is 4.21. The normalized spacial score (nSPS) is 10.8. The molecule has 0 aliphatic heterocycles. The molecule has 0 atom stereocenters. The average molecular weight is 369 g/mol. The quantitative estimate of drug-likeness (QED) is 0.585. The predicted molar refractivity (Wildman–Crippen MR) is 105 cm³/mol. The standard InChI is InChI=1S/C18H23N7S/c1-3-10-25-11-9-20-18(25)26-12-15-22-16(19)24-17(23-15)21-14-8-6-5-7-13(14)4-2/h5-9,11H,3-4,10,12H2,1-2H3,(H3,19,21,22,23,24). The lowest BCUT2D eigenvalue weighted by Crippen LogP contribution is -2.07. The first kappa shape index (κ1) is 18.2. The molecule has 0 spiro atoms. The molecule has 0 aliphatic rings. The molecule has 0 saturated heterocycles. The van der Waals surface area contributed by atoms with Crippen LogP contribution in [0.2, 0.25) is 0 Å².